The van der Waals surface area contributed by atoms with Gasteiger partial charge in [0.1, 0.15) is 17.7 Å². The van der Waals surface area contributed by atoms with Crippen LogP contribution in [0.15, 0.2) is 42.5 Å². The monoisotopic (exact) mass is 395 g/mol. The fourth-order valence-electron chi connectivity index (χ4n) is 3.61. The Bertz CT molecular complexity index is 838. The molecular weight excluding hydrogens is 376 g/mol. The van der Waals surface area contributed by atoms with Crippen LogP contribution in [0.3, 0.4) is 0 Å². The van der Waals surface area contributed by atoms with Gasteiger partial charge in [-0.2, -0.15) is 0 Å². The van der Waals surface area contributed by atoms with Crippen molar-refractivity contribution in [3.8, 4) is 0 Å². The third-order valence-corrected chi connectivity index (χ3v) is 5.33. The van der Waals surface area contributed by atoms with E-state index >= 15 is 0 Å². The Morgan fingerprint density at radius 1 is 1.15 bits per heavy atom. The van der Waals surface area contributed by atoms with Gasteiger partial charge in [-0.25, -0.2) is 8.78 Å². The van der Waals surface area contributed by atoms with Gasteiger partial charge in [0.2, 0.25) is 0 Å². The largest absolute Gasteiger partial charge is 0.480 e. The summed E-state index contributed by atoms with van der Waals surface area (Å²) in [6.45, 7) is 0.660. The van der Waals surface area contributed by atoms with Gasteiger partial charge in [0, 0.05) is 24.5 Å². The molecule has 0 saturated carbocycles. The first kappa shape index (κ1) is 19.7. The molecule has 0 radical (unpaired) electrons. The summed E-state index contributed by atoms with van der Waals surface area (Å²) < 4.78 is 26.6. The molecule has 1 unspecified atom stereocenters. The molecule has 1 aliphatic heterocycles. The van der Waals surface area contributed by atoms with Crippen molar-refractivity contribution in [2.75, 3.05) is 13.1 Å². The van der Waals surface area contributed by atoms with Gasteiger partial charge in [-0.3, -0.25) is 9.69 Å². The van der Waals surface area contributed by atoms with Gasteiger partial charge in [-0.15, -0.1) is 0 Å². The Morgan fingerprint density at radius 3 is 2.41 bits per heavy atom. The molecule has 144 valence electrons. The molecule has 1 heterocycles. The molecule has 0 aromatic heterocycles. The number of carboxylic acids is 1. The normalized spacial score (nSPS) is 18.2. The van der Waals surface area contributed by atoms with Gasteiger partial charge < -0.3 is 10.2 Å². The van der Waals surface area contributed by atoms with Crippen LogP contribution in [-0.2, 0) is 11.2 Å². The number of likely N-dealkylation sites (tertiary alicyclic amines) is 1. The Labute approximate surface area is 161 Å². The smallest absolute Gasteiger partial charge is 0.325 e. The summed E-state index contributed by atoms with van der Waals surface area (Å²) in [6.07, 6.45) is 0.978. The molecule has 0 aliphatic carbocycles. The predicted molar refractivity (Wildman–Crippen MR) is 97.6 cm³/mol. The average molecular weight is 396 g/mol. The van der Waals surface area contributed by atoms with Crippen molar-refractivity contribution in [2.45, 2.75) is 30.9 Å². The van der Waals surface area contributed by atoms with E-state index in [1.54, 1.807) is 17.0 Å². The lowest BCUT2D eigenvalue weighted by molar-refractivity contribution is -0.145. The molecule has 1 fully saturated rings. The third-order valence-electron chi connectivity index (χ3n) is 5.01. The fourth-order valence-corrected chi connectivity index (χ4v) is 3.88. The second-order valence-electron chi connectivity index (χ2n) is 6.97. The lowest BCUT2D eigenvalue weighted by Crippen LogP contribution is -2.48. The molecule has 1 saturated heterocycles. The third kappa shape index (κ3) is 4.64. The van der Waals surface area contributed by atoms with E-state index < -0.39 is 23.4 Å². The molecule has 1 atom stereocenters. The Kier molecular flexibility index (Phi) is 5.79. The Morgan fingerprint density at radius 2 is 1.81 bits per heavy atom. The fraction of sp³-hybridized carbons (Fsp3) is 0.350. The summed E-state index contributed by atoms with van der Waals surface area (Å²) in [7, 11) is 0. The minimum absolute atomic E-state index is 0.0583. The van der Waals surface area contributed by atoms with Crippen molar-refractivity contribution in [3.63, 3.8) is 0 Å². The zero-order valence-corrected chi connectivity index (χ0v) is 15.3. The summed E-state index contributed by atoms with van der Waals surface area (Å²) in [5.74, 6) is -1.97. The molecule has 27 heavy (non-hydrogen) atoms. The molecule has 0 bridgehead atoms. The van der Waals surface area contributed by atoms with E-state index in [0.717, 1.165) is 6.07 Å². The summed E-state index contributed by atoms with van der Waals surface area (Å²) in [5.41, 5.74) is -0.0108. The molecule has 2 aromatic rings. The van der Waals surface area contributed by atoms with Crippen molar-refractivity contribution in [2.24, 2.45) is 0 Å². The van der Waals surface area contributed by atoms with E-state index in [1.165, 1.54) is 24.3 Å². The van der Waals surface area contributed by atoms with Crippen molar-refractivity contribution in [1.82, 2.24) is 4.90 Å². The second kappa shape index (κ2) is 7.92. The van der Waals surface area contributed by atoms with Crippen LogP contribution in [0.4, 0.5) is 8.78 Å². The maximum Gasteiger partial charge on any atom is 0.325 e. The van der Waals surface area contributed by atoms with Gasteiger partial charge in [0.15, 0.2) is 0 Å². The van der Waals surface area contributed by atoms with Crippen LogP contribution < -0.4 is 0 Å². The molecule has 0 spiro atoms. The summed E-state index contributed by atoms with van der Waals surface area (Å²) >= 11 is 6.05. The molecule has 7 heteroatoms. The lowest BCUT2D eigenvalue weighted by atomic mass is 9.84. The number of aliphatic hydroxyl groups is 1. The Hall–Kier alpha value is -2.02. The predicted octanol–water partition coefficient (Wildman–Crippen LogP) is 3.81. The summed E-state index contributed by atoms with van der Waals surface area (Å²) in [4.78, 5) is 13.5. The van der Waals surface area contributed by atoms with Gasteiger partial charge in [0.25, 0.3) is 0 Å². The van der Waals surface area contributed by atoms with Crippen LogP contribution in [0.1, 0.15) is 30.0 Å². The van der Waals surface area contributed by atoms with Crippen LogP contribution in [0, 0.1) is 11.6 Å². The van der Waals surface area contributed by atoms with E-state index in [4.69, 9.17) is 11.6 Å². The number of carboxylic acid groups (broad SMARTS) is 1. The number of hydrogen-bond donors (Lipinski definition) is 2. The van der Waals surface area contributed by atoms with Crippen LogP contribution in [0.5, 0.6) is 0 Å². The zero-order chi connectivity index (χ0) is 19.6. The highest BCUT2D eigenvalue weighted by molar-refractivity contribution is 6.31. The van der Waals surface area contributed by atoms with E-state index in [2.05, 4.69) is 0 Å². The minimum atomic E-state index is -1.08. The number of benzene rings is 2. The first-order valence-corrected chi connectivity index (χ1v) is 9.04. The number of carbonyl (C=O) groups is 1. The molecule has 3 rings (SSSR count). The standard InChI is InChI=1S/C20H20ClF2NO3/c21-17-11-15(23)4-5-16(17)18(19(25)26)24-8-6-20(27,7-9-24)12-13-2-1-3-14(22)10-13/h1-5,10-11,18,27H,6-9,12H2,(H,25,26). The minimum Gasteiger partial charge on any atom is -0.480 e. The highest BCUT2D eigenvalue weighted by Gasteiger charge is 2.38. The number of piperidine rings is 1. The van der Waals surface area contributed by atoms with Crippen LogP contribution >= 0.6 is 11.6 Å². The average Bonchev–Trinajstić information content (AvgIpc) is 2.58. The van der Waals surface area contributed by atoms with Crippen LogP contribution in [0.25, 0.3) is 0 Å². The molecule has 1 aliphatic rings. The van der Waals surface area contributed by atoms with Gasteiger partial charge >= 0.3 is 5.97 Å². The maximum absolute atomic E-state index is 13.4. The van der Waals surface area contributed by atoms with Gasteiger partial charge in [0.05, 0.1) is 5.60 Å². The van der Waals surface area contributed by atoms with E-state index in [1.807, 2.05) is 0 Å². The molecule has 2 N–H and O–H groups in total. The Balaban J connectivity index is 1.73. The summed E-state index contributed by atoms with van der Waals surface area (Å²) in [5, 5.41) is 20.6. The highest BCUT2D eigenvalue weighted by Crippen LogP contribution is 2.34. The van der Waals surface area contributed by atoms with Crippen molar-refractivity contribution >= 4 is 17.6 Å². The number of halogens is 3. The van der Waals surface area contributed by atoms with Crippen molar-refractivity contribution in [3.05, 3.63) is 70.2 Å². The zero-order valence-electron chi connectivity index (χ0n) is 14.5. The van der Waals surface area contributed by atoms with Crippen LogP contribution in [0.2, 0.25) is 5.02 Å². The first-order chi connectivity index (χ1) is 12.8. The molecule has 2 aromatic carbocycles. The van der Waals surface area contributed by atoms with Gasteiger partial charge in [-0.1, -0.05) is 29.8 Å². The van der Waals surface area contributed by atoms with E-state index in [0.29, 0.717) is 43.5 Å². The lowest BCUT2D eigenvalue weighted by Gasteiger charge is -2.40. The SMILES string of the molecule is O=C(O)C(c1ccc(F)cc1Cl)N1CCC(O)(Cc2cccc(F)c2)CC1. The van der Waals surface area contributed by atoms with E-state index in [9.17, 15) is 23.8 Å². The number of nitrogens with zero attached hydrogens (tertiary/aromatic N) is 1. The van der Waals surface area contributed by atoms with E-state index in [-0.39, 0.29) is 10.8 Å². The van der Waals surface area contributed by atoms with Crippen LogP contribution in [-0.4, -0.2) is 39.8 Å². The quantitative estimate of drug-likeness (QED) is 0.808. The first-order valence-electron chi connectivity index (χ1n) is 8.66. The molecular formula is C20H20ClF2NO3. The topological polar surface area (TPSA) is 60.8 Å². The number of aliphatic carboxylic acids is 1. The van der Waals surface area contributed by atoms with Crippen molar-refractivity contribution in [1.29, 1.82) is 0 Å². The van der Waals surface area contributed by atoms with Crippen molar-refractivity contribution < 1.29 is 23.8 Å². The summed E-state index contributed by atoms with van der Waals surface area (Å²) in [6, 6.07) is 8.73. The second-order valence-corrected chi connectivity index (χ2v) is 7.38. The highest BCUT2D eigenvalue weighted by atomic mass is 35.5. The number of hydrogen-bond acceptors (Lipinski definition) is 3. The molecule has 4 nitrogen and oxygen atoms in total. The van der Waals surface area contributed by atoms with Gasteiger partial charge in [-0.05, 0) is 48.2 Å². The maximum atomic E-state index is 13.4. The molecule has 0 amide bonds. The number of rotatable bonds is 5.